The number of nitrogens with zero attached hydrogens (tertiary/aromatic N) is 6. The van der Waals surface area contributed by atoms with E-state index >= 15 is 0 Å². The van der Waals surface area contributed by atoms with Crippen LogP contribution in [0.25, 0.3) is 15.9 Å². The molecule has 2 aromatic carbocycles. The molecule has 4 rings (SSSR count). The number of hydrogen-bond acceptors (Lipinski definition) is 8. The lowest BCUT2D eigenvalue weighted by Gasteiger charge is -2.15. The monoisotopic (exact) mass is 395 g/mol. The van der Waals surface area contributed by atoms with Crippen molar-refractivity contribution in [3.8, 4) is 11.4 Å². The number of likely N-dealkylation sites (N-methyl/N-ethyl adjacent to an activating group) is 1. The SMILES string of the molecule is COc1cccc2sc(N(C)CC(=O)Nc3ccc(-n4cnnn4)cc3)nc12. The number of carbonyl (C=O) groups is 1. The Morgan fingerprint density at radius 3 is 2.79 bits per heavy atom. The van der Waals surface area contributed by atoms with E-state index in [-0.39, 0.29) is 12.5 Å². The second-order valence-electron chi connectivity index (χ2n) is 6.01. The van der Waals surface area contributed by atoms with Crippen molar-refractivity contribution in [2.75, 3.05) is 30.9 Å². The van der Waals surface area contributed by atoms with Crippen LogP contribution in [-0.2, 0) is 4.79 Å². The number of tetrazole rings is 1. The van der Waals surface area contributed by atoms with E-state index in [4.69, 9.17) is 4.74 Å². The summed E-state index contributed by atoms with van der Waals surface area (Å²) in [6, 6.07) is 13.0. The lowest BCUT2D eigenvalue weighted by molar-refractivity contribution is -0.114. The number of carbonyl (C=O) groups excluding carboxylic acids is 1. The molecule has 0 unspecified atom stereocenters. The second-order valence-corrected chi connectivity index (χ2v) is 7.02. The molecule has 0 aliphatic rings. The quantitative estimate of drug-likeness (QED) is 0.535. The highest BCUT2D eigenvalue weighted by Gasteiger charge is 2.14. The molecule has 0 fully saturated rings. The maximum Gasteiger partial charge on any atom is 0.243 e. The van der Waals surface area contributed by atoms with E-state index in [9.17, 15) is 4.79 Å². The van der Waals surface area contributed by atoms with Crippen LogP contribution in [0.1, 0.15) is 0 Å². The largest absolute Gasteiger partial charge is 0.494 e. The third-order valence-electron chi connectivity index (χ3n) is 4.06. The maximum absolute atomic E-state index is 12.4. The summed E-state index contributed by atoms with van der Waals surface area (Å²) in [5.74, 6) is 0.587. The number of nitrogens with one attached hydrogen (secondary N) is 1. The van der Waals surface area contributed by atoms with Crippen LogP contribution in [0, 0.1) is 0 Å². The van der Waals surface area contributed by atoms with Crippen LogP contribution in [0.5, 0.6) is 5.75 Å². The zero-order valence-corrected chi connectivity index (χ0v) is 16.1. The van der Waals surface area contributed by atoms with Crippen molar-refractivity contribution in [2.45, 2.75) is 0 Å². The molecule has 2 heterocycles. The number of methoxy groups -OCH3 is 1. The Hall–Kier alpha value is -3.53. The van der Waals surface area contributed by atoms with Gasteiger partial charge >= 0.3 is 0 Å². The third-order valence-corrected chi connectivity index (χ3v) is 5.20. The van der Waals surface area contributed by atoms with Crippen molar-refractivity contribution in [1.82, 2.24) is 25.2 Å². The topological polar surface area (TPSA) is 98.1 Å². The van der Waals surface area contributed by atoms with E-state index in [1.165, 1.54) is 17.7 Å². The molecule has 2 aromatic heterocycles. The molecule has 0 atom stereocenters. The first-order chi connectivity index (χ1) is 13.6. The summed E-state index contributed by atoms with van der Waals surface area (Å²) < 4.78 is 7.91. The minimum absolute atomic E-state index is 0.135. The molecule has 10 heteroatoms. The van der Waals surface area contributed by atoms with Gasteiger partial charge in [0.25, 0.3) is 0 Å². The molecule has 1 N–H and O–H groups in total. The summed E-state index contributed by atoms with van der Waals surface area (Å²) in [6.45, 7) is 0.177. The Morgan fingerprint density at radius 1 is 1.25 bits per heavy atom. The van der Waals surface area contributed by atoms with E-state index in [2.05, 4.69) is 25.8 Å². The molecular weight excluding hydrogens is 378 g/mol. The molecule has 0 radical (unpaired) electrons. The molecule has 0 saturated carbocycles. The van der Waals surface area contributed by atoms with Gasteiger partial charge in [0, 0.05) is 12.7 Å². The van der Waals surface area contributed by atoms with Gasteiger partial charge in [-0.2, -0.15) is 0 Å². The van der Waals surface area contributed by atoms with E-state index in [1.807, 2.05) is 42.3 Å². The van der Waals surface area contributed by atoms with Gasteiger partial charge in [-0.05, 0) is 46.8 Å². The Bertz CT molecular complexity index is 1090. The number of hydrogen-bond donors (Lipinski definition) is 1. The average molecular weight is 395 g/mol. The number of amides is 1. The first kappa shape index (κ1) is 17.9. The number of thiazole rings is 1. The van der Waals surface area contributed by atoms with E-state index < -0.39 is 0 Å². The zero-order valence-electron chi connectivity index (χ0n) is 15.2. The Morgan fingerprint density at radius 2 is 2.07 bits per heavy atom. The van der Waals surface area contributed by atoms with Gasteiger partial charge in [0.1, 0.15) is 17.6 Å². The number of fused-ring (bicyclic) bond motifs is 1. The highest BCUT2D eigenvalue weighted by atomic mass is 32.1. The van der Waals surface area contributed by atoms with Gasteiger partial charge in [-0.15, -0.1) is 5.10 Å². The molecule has 142 valence electrons. The highest BCUT2D eigenvalue weighted by Crippen LogP contribution is 2.33. The molecule has 4 aromatic rings. The third kappa shape index (κ3) is 3.62. The van der Waals surface area contributed by atoms with Crippen LogP contribution in [-0.4, -0.2) is 51.8 Å². The Balaban J connectivity index is 1.42. The number of anilines is 2. The van der Waals surface area contributed by atoms with Crippen molar-refractivity contribution in [2.24, 2.45) is 0 Å². The molecular formula is C18H17N7O2S. The van der Waals surface area contributed by atoms with Crippen LogP contribution >= 0.6 is 11.3 Å². The molecule has 0 spiro atoms. The molecule has 28 heavy (non-hydrogen) atoms. The normalized spacial score (nSPS) is 10.8. The van der Waals surface area contributed by atoms with Gasteiger partial charge in [-0.25, -0.2) is 9.67 Å². The fourth-order valence-corrected chi connectivity index (χ4v) is 3.64. The Kier molecular flexibility index (Phi) is 4.85. The predicted octanol–water partition coefficient (Wildman–Crippen LogP) is 2.36. The highest BCUT2D eigenvalue weighted by molar-refractivity contribution is 7.22. The first-order valence-corrected chi connectivity index (χ1v) is 9.23. The summed E-state index contributed by atoms with van der Waals surface area (Å²) in [5, 5.41) is 14.7. The van der Waals surface area contributed by atoms with Gasteiger partial charge in [-0.1, -0.05) is 17.4 Å². The van der Waals surface area contributed by atoms with Crippen LogP contribution in [0.15, 0.2) is 48.8 Å². The number of para-hydroxylation sites is 1. The molecule has 0 saturated heterocycles. The summed E-state index contributed by atoms with van der Waals surface area (Å²) in [7, 11) is 3.46. The van der Waals surface area contributed by atoms with Crippen molar-refractivity contribution < 1.29 is 9.53 Å². The fraction of sp³-hybridized carbons (Fsp3) is 0.167. The van der Waals surface area contributed by atoms with Crippen LogP contribution in [0.2, 0.25) is 0 Å². The van der Waals surface area contributed by atoms with Gasteiger partial charge in [0.15, 0.2) is 5.13 Å². The molecule has 0 bridgehead atoms. The number of rotatable bonds is 6. The molecule has 0 aliphatic carbocycles. The number of benzene rings is 2. The summed E-state index contributed by atoms with van der Waals surface area (Å²) >= 11 is 1.52. The van der Waals surface area contributed by atoms with Crippen molar-refractivity contribution in [3.05, 3.63) is 48.8 Å². The molecule has 0 aliphatic heterocycles. The number of aromatic nitrogens is 5. The fourth-order valence-electron chi connectivity index (χ4n) is 2.70. The predicted molar refractivity (Wildman–Crippen MR) is 107 cm³/mol. The first-order valence-electron chi connectivity index (χ1n) is 8.42. The summed E-state index contributed by atoms with van der Waals surface area (Å²) in [5.41, 5.74) is 2.31. The lowest BCUT2D eigenvalue weighted by Crippen LogP contribution is -2.29. The summed E-state index contributed by atoms with van der Waals surface area (Å²) in [6.07, 6.45) is 1.51. The van der Waals surface area contributed by atoms with Crippen molar-refractivity contribution in [1.29, 1.82) is 0 Å². The standard InChI is InChI=1S/C18H17N7O2S/c1-24(18-21-17-14(27-2)4-3-5-15(17)28-18)10-16(26)20-12-6-8-13(9-7-12)25-11-19-22-23-25/h3-9,11H,10H2,1-2H3,(H,20,26). The van der Waals surface area contributed by atoms with Gasteiger partial charge in [0.2, 0.25) is 5.91 Å². The lowest BCUT2D eigenvalue weighted by atomic mass is 10.3. The van der Waals surface area contributed by atoms with Crippen LogP contribution in [0.3, 0.4) is 0 Å². The number of ether oxygens (including phenoxy) is 1. The minimum atomic E-state index is -0.135. The zero-order chi connectivity index (χ0) is 19.5. The molecule has 1 amide bonds. The minimum Gasteiger partial charge on any atom is -0.494 e. The average Bonchev–Trinajstić information content (AvgIpc) is 3.38. The van der Waals surface area contributed by atoms with E-state index in [1.54, 1.807) is 23.9 Å². The van der Waals surface area contributed by atoms with Crippen molar-refractivity contribution >= 4 is 38.3 Å². The second kappa shape index (κ2) is 7.61. The van der Waals surface area contributed by atoms with Gasteiger partial charge in [-0.3, -0.25) is 4.79 Å². The van der Waals surface area contributed by atoms with Gasteiger partial charge < -0.3 is 15.0 Å². The smallest absolute Gasteiger partial charge is 0.243 e. The van der Waals surface area contributed by atoms with Crippen LogP contribution < -0.4 is 15.0 Å². The van der Waals surface area contributed by atoms with E-state index in [0.29, 0.717) is 5.69 Å². The summed E-state index contributed by atoms with van der Waals surface area (Å²) in [4.78, 5) is 18.8. The maximum atomic E-state index is 12.4. The van der Waals surface area contributed by atoms with E-state index in [0.717, 1.165) is 26.8 Å². The van der Waals surface area contributed by atoms with Crippen LogP contribution in [0.4, 0.5) is 10.8 Å². The van der Waals surface area contributed by atoms with Gasteiger partial charge in [0.05, 0.1) is 24.0 Å². The van der Waals surface area contributed by atoms with Crippen molar-refractivity contribution in [3.63, 3.8) is 0 Å². The molecule has 9 nitrogen and oxygen atoms in total. The Labute approximate surface area is 164 Å².